The second kappa shape index (κ2) is 4.85. The molecule has 1 N–H and O–H groups in total. The fourth-order valence-corrected chi connectivity index (χ4v) is 1.36. The van der Waals surface area contributed by atoms with Crippen LogP contribution >= 0.6 is 0 Å². The number of hydrogen-bond donors (Lipinski definition) is 1. The normalized spacial score (nSPS) is 14.7. The summed E-state index contributed by atoms with van der Waals surface area (Å²) in [6, 6.07) is 0. The van der Waals surface area contributed by atoms with Gasteiger partial charge in [-0.3, -0.25) is 0 Å². The highest BCUT2D eigenvalue weighted by molar-refractivity contribution is 5.41. The molecule has 0 spiro atoms. The quantitative estimate of drug-likeness (QED) is 0.699. The van der Waals surface area contributed by atoms with Gasteiger partial charge in [0.05, 0.1) is 0 Å². The van der Waals surface area contributed by atoms with E-state index in [0.717, 1.165) is 25.1 Å². The van der Waals surface area contributed by atoms with Crippen molar-refractivity contribution in [2.75, 3.05) is 6.54 Å². The van der Waals surface area contributed by atoms with E-state index in [1.54, 1.807) is 0 Å². The predicted octanol–water partition coefficient (Wildman–Crippen LogP) is 3.33. The molecule has 1 nitrogen and oxygen atoms in total. The molecule has 0 heterocycles. The Bertz CT molecular complexity index is 305. The summed E-state index contributed by atoms with van der Waals surface area (Å²) in [5, 5.41) is 3.31. The highest BCUT2D eigenvalue weighted by Crippen LogP contribution is 2.23. The van der Waals surface area contributed by atoms with Gasteiger partial charge in [0, 0.05) is 12.2 Å². The molecule has 0 radical (unpaired) electrons. The molecule has 1 rings (SSSR count). The van der Waals surface area contributed by atoms with E-state index in [9.17, 15) is 0 Å². The summed E-state index contributed by atoms with van der Waals surface area (Å²) in [5.74, 6) is 0. The van der Waals surface area contributed by atoms with E-state index in [-0.39, 0.29) is 0 Å². The topological polar surface area (TPSA) is 12.0 Å². The SMILES string of the molecule is C=C(CC)NCC1=CC=C(C(=C)C)C1. The van der Waals surface area contributed by atoms with Gasteiger partial charge in [-0.1, -0.05) is 37.8 Å². The zero-order chi connectivity index (χ0) is 10.6. The van der Waals surface area contributed by atoms with Gasteiger partial charge < -0.3 is 5.32 Å². The minimum Gasteiger partial charge on any atom is -0.385 e. The zero-order valence-electron chi connectivity index (χ0n) is 9.19. The Hall–Kier alpha value is -1.24. The van der Waals surface area contributed by atoms with E-state index in [0.29, 0.717) is 0 Å². The Kier molecular flexibility index (Phi) is 3.75. The fraction of sp³-hybridized carbons (Fsp3) is 0.385. The lowest BCUT2D eigenvalue weighted by Gasteiger charge is -2.09. The first kappa shape index (κ1) is 10.8. The van der Waals surface area contributed by atoms with Crippen LogP contribution in [-0.2, 0) is 0 Å². The van der Waals surface area contributed by atoms with Gasteiger partial charge in [-0.2, -0.15) is 0 Å². The third kappa shape index (κ3) is 2.91. The third-order valence-corrected chi connectivity index (χ3v) is 2.48. The summed E-state index contributed by atoms with van der Waals surface area (Å²) in [7, 11) is 0. The van der Waals surface area contributed by atoms with Crippen LogP contribution in [0.15, 0.2) is 47.7 Å². The van der Waals surface area contributed by atoms with Gasteiger partial charge in [0.2, 0.25) is 0 Å². The zero-order valence-corrected chi connectivity index (χ0v) is 9.19. The van der Waals surface area contributed by atoms with E-state index in [1.165, 1.54) is 16.7 Å². The van der Waals surface area contributed by atoms with Crippen LogP contribution in [0.1, 0.15) is 26.7 Å². The first-order valence-electron chi connectivity index (χ1n) is 5.09. The predicted molar refractivity (Wildman–Crippen MR) is 63.0 cm³/mol. The average molecular weight is 189 g/mol. The lowest BCUT2D eigenvalue weighted by Crippen LogP contribution is -2.14. The van der Waals surface area contributed by atoms with E-state index in [1.807, 2.05) is 0 Å². The average Bonchev–Trinajstić information content (AvgIpc) is 2.62. The van der Waals surface area contributed by atoms with Crippen molar-refractivity contribution in [2.24, 2.45) is 0 Å². The lowest BCUT2D eigenvalue weighted by molar-refractivity contribution is 0.813. The maximum atomic E-state index is 3.94. The number of hydrogen-bond acceptors (Lipinski definition) is 1. The molecule has 1 aliphatic carbocycles. The van der Waals surface area contributed by atoms with Crippen LogP contribution in [-0.4, -0.2) is 6.54 Å². The Morgan fingerprint density at radius 2 is 2.14 bits per heavy atom. The van der Waals surface area contributed by atoms with Gasteiger partial charge in [0.25, 0.3) is 0 Å². The standard InChI is InChI=1S/C13H19N/c1-5-11(4)14-9-12-6-7-13(8-12)10(2)3/h6-7,14H,2,4-5,8-9H2,1,3H3. The monoisotopic (exact) mass is 189 g/mol. The summed E-state index contributed by atoms with van der Waals surface area (Å²) < 4.78 is 0. The van der Waals surface area contributed by atoms with Crippen LogP contribution in [0, 0.1) is 0 Å². The molecule has 0 amide bonds. The van der Waals surface area contributed by atoms with Crippen molar-refractivity contribution in [3.63, 3.8) is 0 Å². The molecule has 0 saturated heterocycles. The summed E-state index contributed by atoms with van der Waals surface area (Å²) in [6.07, 6.45) is 6.38. The third-order valence-electron chi connectivity index (χ3n) is 2.48. The first-order valence-corrected chi connectivity index (χ1v) is 5.09. The minimum absolute atomic E-state index is 0.917. The summed E-state index contributed by atoms with van der Waals surface area (Å²) in [6.45, 7) is 12.9. The highest BCUT2D eigenvalue weighted by Gasteiger charge is 2.08. The maximum absolute atomic E-state index is 3.94. The number of allylic oxidation sites excluding steroid dienone is 5. The number of rotatable bonds is 5. The Balaban J connectivity index is 2.32. The molecule has 0 atom stereocenters. The molecule has 0 aliphatic heterocycles. The van der Waals surface area contributed by atoms with Crippen molar-refractivity contribution in [2.45, 2.75) is 26.7 Å². The largest absolute Gasteiger partial charge is 0.385 e. The summed E-state index contributed by atoms with van der Waals surface area (Å²) >= 11 is 0. The van der Waals surface area contributed by atoms with E-state index in [2.05, 4.69) is 44.5 Å². The Morgan fingerprint density at radius 3 is 2.64 bits per heavy atom. The maximum Gasteiger partial charge on any atom is 0.0363 e. The molecule has 0 saturated carbocycles. The molecule has 0 bridgehead atoms. The molecular formula is C13H19N. The number of nitrogens with one attached hydrogen (secondary N) is 1. The Labute approximate surface area is 86.9 Å². The van der Waals surface area contributed by atoms with Crippen molar-refractivity contribution in [1.82, 2.24) is 5.32 Å². The summed E-state index contributed by atoms with van der Waals surface area (Å²) in [4.78, 5) is 0. The van der Waals surface area contributed by atoms with E-state index >= 15 is 0 Å². The summed E-state index contributed by atoms with van der Waals surface area (Å²) in [5.41, 5.74) is 5.04. The minimum atomic E-state index is 0.917. The smallest absolute Gasteiger partial charge is 0.0363 e. The van der Waals surface area contributed by atoms with E-state index in [4.69, 9.17) is 0 Å². The molecular weight excluding hydrogens is 170 g/mol. The van der Waals surface area contributed by atoms with Crippen molar-refractivity contribution in [3.8, 4) is 0 Å². The fourth-order valence-electron chi connectivity index (χ4n) is 1.36. The molecule has 0 unspecified atom stereocenters. The van der Waals surface area contributed by atoms with Crippen LogP contribution in [0.3, 0.4) is 0 Å². The first-order chi connectivity index (χ1) is 6.63. The highest BCUT2D eigenvalue weighted by atomic mass is 14.9. The van der Waals surface area contributed by atoms with Gasteiger partial charge in [-0.25, -0.2) is 0 Å². The van der Waals surface area contributed by atoms with Gasteiger partial charge in [0.1, 0.15) is 0 Å². The van der Waals surface area contributed by atoms with Crippen molar-refractivity contribution in [1.29, 1.82) is 0 Å². The van der Waals surface area contributed by atoms with Crippen LogP contribution in [0.4, 0.5) is 0 Å². The lowest BCUT2D eigenvalue weighted by atomic mass is 10.1. The molecule has 1 heteroatoms. The Morgan fingerprint density at radius 1 is 1.43 bits per heavy atom. The van der Waals surface area contributed by atoms with Gasteiger partial charge in [-0.15, -0.1) is 0 Å². The second-order valence-corrected chi connectivity index (χ2v) is 3.78. The molecule has 0 aromatic carbocycles. The van der Waals surface area contributed by atoms with Crippen molar-refractivity contribution in [3.05, 3.63) is 47.7 Å². The van der Waals surface area contributed by atoms with Crippen LogP contribution < -0.4 is 5.32 Å². The van der Waals surface area contributed by atoms with Crippen LogP contribution in [0.5, 0.6) is 0 Å². The molecule has 0 aromatic rings. The van der Waals surface area contributed by atoms with Gasteiger partial charge in [0.15, 0.2) is 0 Å². The molecule has 1 aliphatic rings. The van der Waals surface area contributed by atoms with Crippen LogP contribution in [0.25, 0.3) is 0 Å². The van der Waals surface area contributed by atoms with E-state index < -0.39 is 0 Å². The molecule has 0 aromatic heterocycles. The van der Waals surface area contributed by atoms with Crippen molar-refractivity contribution >= 4 is 0 Å². The van der Waals surface area contributed by atoms with Crippen molar-refractivity contribution < 1.29 is 0 Å². The molecule has 76 valence electrons. The second-order valence-electron chi connectivity index (χ2n) is 3.78. The van der Waals surface area contributed by atoms with Crippen LogP contribution in [0.2, 0.25) is 0 Å². The molecule has 0 fully saturated rings. The molecule has 14 heavy (non-hydrogen) atoms. The van der Waals surface area contributed by atoms with Gasteiger partial charge in [-0.05, 0) is 30.9 Å². The van der Waals surface area contributed by atoms with Gasteiger partial charge >= 0.3 is 0 Å².